The molecule has 1 aliphatic heterocycles. The highest BCUT2D eigenvalue weighted by atomic mass is 16.5. The van der Waals surface area contributed by atoms with Crippen LogP contribution in [0.2, 0.25) is 0 Å². The molecule has 1 aliphatic rings. The predicted molar refractivity (Wildman–Crippen MR) is 125 cm³/mol. The molecule has 0 radical (unpaired) electrons. The van der Waals surface area contributed by atoms with E-state index < -0.39 is 12.0 Å². The third-order valence-electron chi connectivity index (χ3n) is 5.37. The van der Waals surface area contributed by atoms with Crippen LogP contribution < -0.4 is 20.3 Å². The summed E-state index contributed by atoms with van der Waals surface area (Å²) in [5.74, 6) is -0.886. The van der Waals surface area contributed by atoms with Crippen molar-refractivity contribution >= 4 is 45.9 Å². The summed E-state index contributed by atoms with van der Waals surface area (Å²) in [4.78, 5) is 44.7. The minimum Gasteiger partial charge on any atom is -0.481 e. The van der Waals surface area contributed by atoms with Gasteiger partial charge in [0.2, 0.25) is 0 Å². The van der Waals surface area contributed by atoms with E-state index in [9.17, 15) is 14.4 Å². The lowest BCUT2D eigenvalue weighted by molar-refractivity contribution is -0.121. The number of carbonyl (C=O) groups excluding carboxylic acids is 2. The quantitative estimate of drug-likeness (QED) is 0.360. The van der Waals surface area contributed by atoms with Gasteiger partial charge in [0.25, 0.3) is 5.91 Å². The number of aromatic amines is 1. The second-order valence-electron chi connectivity index (χ2n) is 7.65. The van der Waals surface area contributed by atoms with Crippen molar-refractivity contribution in [3.63, 3.8) is 0 Å². The number of urea groups is 1. The number of ether oxygens (including phenoxy) is 1. The van der Waals surface area contributed by atoms with E-state index in [1.54, 1.807) is 24.3 Å². The van der Waals surface area contributed by atoms with Crippen molar-refractivity contribution in [3.8, 4) is 5.75 Å². The summed E-state index contributed by atoms with van der Waals surface area (Å²) < 4.78 is 5.57. The molecule has 3 heterocycles. The number of pyridine rings is 1. The smallest absolute Gasteiger partial charge is 0.337 e. The number of benzene rings is 2. The average Bonchev–Trinajstić information content (AvgIpc) is 3.29. The second kappa shape index (κ2) is 8.58. The lowest BCUT2D eigenvalue weighted by Gasteiger charge is -2.29. The van der Waals surface area contributed by atoms with Crippen molar-refractivity contribution in [1.82, 2.24) is 9.97 Å². The highest BCUT2D eigenvalue weighted by molar-refractivity contribution is 6.02. The molecular formula is C24H19N5O5. The van der Waals surface area contributed by atoms with Crippen LogP contribution in [0.15, 0.2) is 67.0 Å². The molecule has 0 saturated heterocycles. The molecule has 4 aromatic rings. The number of aromatic carboxylic acids is 1. The Bertz CT molecular complexity index is 1410. The zero-order valence-corrected chi connectivity index (χ0v) is 17.7. The standard InChI is InChI=1S/C24H19N5O5/c30-22-13-34-21-10-17(28-24(33)27-16-3-1-14-7-8-25-19(14)9-16)5-6-20(21)29(22)12-18-4-2-15(11-26-18)23(31)32/h1-11,25H,12-13H2,(H,31,32)(H2,27,28,33). The average molecular weight is 457 g/mol. The molecule has 0 spiro atoms. The lowest BCUT2D eigenvalue weighted by atomic mass is 10.2. The van der Waals surface area contributed by atoms with Crippen molar-refractivity contribution in [3.05, 3.63) is 78.2 Å². The number of carbonyl (C=O) groups is 3. The van der Waals surface area contributed by atoms with Crippen molar-refractivity contribution in [2.24, 2.45) is 0 Å². The summed E-state index contributed by atoms with van der Waals surface area (Å²) in [6, 6.07) is 15.1. The predicted octanol–water partition coefficient (Wildman–Crippen LogP) is 3.83. The molecule has 2 aromatic carbocycles. The van der Waals surface area contributed by atoms with Gasteiger partial charge in [0.05, 0.1) is 23.5 Å². The second-order valence-corrected chi connectivity index (χ2v) is 7.65. The van der Waals surface area contributed by atoms with Gasteiger partial charge in [0, 0.05) is 35.4 Å². The Hall–Kier alpha value is -4.86. The van der Waals surface area contributed by atoms with E-state index in [-0.39, 0.29) is 24.6 Å². The fourth-order valence-electron chi connectivity index (χ4n) is 3.68. The summed E-state index contributed by atoms with van der Waals surface area (Å²) in [6.07, 6.45) is 3.08. The molecule has 0 fully saturated rings. The number of hydrogen-bond acceptors (Lipinski definition) is 5. The van der Waals surface area contributed by atoms with Crippen LogP contribution in [0.3, 0.4) is 0 Å². The van der Waals surface area contributed by atoms with Gasteiger partial charge in [-0.05, 0) is 47.9 Å². The number of fused-ring (bicyclic) bond motifs is 2. The van der Waals surface area contributed by atoms with Crippen molar-refractivity contribution < 1.29 is 24.2 Å². The number of carboxylic acids is 1. The van der Waals surface area contributed by atoms with Crippen LogP contribution in [-0.2, 0) is 11.3 Å². The SMILES string of the molecule is O=C(Nc1ccc2c(c1)OCC(=O)N2Cc1ccc(C(=O)O)cn1)Nc1ccc2cc[nH]c2c1. The van der Waals surface area contributed by atoms with Gasteiger partial charge in [-0.1, -0.05) is 6.07 Å². The Morgan fingerprint density at radius 3 is 2.62 bits per heavy atom. The molecule has 5 rings (SSSR count). The molecular weight excluding hydrogens is 438 g/mol. The summed E-state index contributed by atoms with van der Waals surface area (Å²) >= 11 is 0. The number of amides is 3. The van der Waals surface area contributed by atoms with Gasteiger partial charge >= 0.3 is 12.0 Å². The van der Waals surface area contributed by atoms with Crippen LogP contribution in [0.5, 0.6) is 5.75 Å². The molecule has 0 unspecified atom stereocenters. The van der Waals surface area contributed by atoms with Crippen molar-refractivity contribution in [2.45, 2.75) is 6.54 Å². The first-order chi connectivity index (χ1) is 16.5. The Labute approximate surface area is 193 Å². The number of aromatic nitrogens is 2. The Morgan fingerprint density at radius 1 is 1.06 bits per heavy atom. The molecule has 0 aliphatic carbocycles. The lowest BCUT2D eigenvalue weighted by Crippen LogP contribution is -2.38. The first-order valence-electron chi connectivity index (χ1n) is 10.4. The fraction of sp³-hybridized carbons (Fsp3) is 0.0833. The van der Waals surface area contributed by atoms with E-state index in [0.717, 1.165) is 10.9 Å². The molecule has 0 bridgehead atoms. The number of H-pyrrole nitrogens is 1. The van der Waals surface area contributed by atoms with Gasteiger partial charge in [-0.25, -0.2) is 9.59 Å². The Morgan fingerprint density at radius 2 is 1.85 bits per heavy atom. The maximum absolute atomic E-state index is 12.5. The third kappa shape index (κ3) is 4.24. The molecule has 170 valence electrons. The number of nitrogens with one attached hydrogen (secondary N) is 3. The third-order valence-corrected chi connectivity index (χ3v) is 5.37. The molecule has 0 saturated carbocycles. The largest absolute Gasteiger partial charge is 0.481 e. The first kappa shape index (κ1) is 21.0. The van der Waals surface area contributed by atoms with E-state index in [1.807, 2.05) is 30.5 Å². The number of anilines is 3. The van der Waals surface area contributed by atoms with E-state index in [2.05, 4.69) is 20.6 Å². The summed E-state index contributed by atoms with van der Waals surface area (Å²) in [6.45, 7) is -0.00437. The molecule has 2 aromatic heterocycles. The highest BCUT2D eigenvalue weighted by Crippen LogP contribution is 2.35. The van der Waals surface area contributed by atoms with Gasteiger partial charge in [0.1, 0.15) is 5.75 Å². The van der Waals surface area contributed by atoms with Crippen LogP contribution in [0.4, 0.5) is 21.9 Å². The van der Waals surface area contributed by atoms with Gasteiger partial charge in [-0.2, -0.15) is 0 Å². The Kier molecular flexibility index (Phi) is 5.30. The van der Waals surface area contributed by atoms with Gasteiger partial charge < -0.3 is 25.5 Å². The molecule has 34 heavy (non-hydrogen) atoms. The minimum absolute atomic E-state index is 0.0688. The first-order valence-corrected chi connectivity index (χ1v) is 10.4. The number of carboxylic acid groups (broad SMARTS) is 1. The van der Waals surface area contributed by atoms with Crippen molar-refractivity contribution in [2.75, 3.05) is 22.1 Å². The number of hydrogen-bond donors (Lipinski definition) is 4. The van der Waals surface area contributed by atoms with Crippen molar-refractivity contribution in [1.29, 1.82) is 0 Å². The van der Waals surface area contributed by atoms with Crippen LogP contribution >= 0.6 is 0 Å². The monoisotopic (exact) mass is 457 g/mol. The van der Waals surface area contributed by atoms with Crippen LogP contribution in [-0.4, -0.2) is 39.6 Å². The van der Waals surface area contributed by atoms with Gasteiger partial charge in [-0.15, -0.1) is 0 Å². The normalized spacial score (nSPS) is 12.7. The zero-order valence-electron chi connectivity index (χ0n) is 17.7. The van der Waals surface area contributed by atoms with Gasteiger partial charge in [-0.3, -0.25) is 14.7 Å². The topological polar surface area (TPSA) is 137 Å². The van der Waals surface area contributed by atoms with Crippen LogP contribution in [0.25, 0.3) is 10.9 Å². The van der Waals surface area contributed by atoms with Crippen LogP contribution in [0, 0.1) is 0 Å². The molecule has 3 amide bonds. The number of rotatable bonds is 5. The maximum atomic E-state index is 12.5. The summed E-state index contributed by atoms with van der Waals surface area (Å²) in [5, 5.41) is 15.6. The summed E-state index contributed by atoms with van der Waals surface area (Å²) in [7, 11) is 0. The maximum Gasteiger partial charge on any atom is 0.337 e. The molecule has 0 atom stereocenters. The van der Waals surface area contributed by atoms with E-state index in [4.69, 9.17) is 9.84 Å². The minimum atomic E-state index is -1.07. The van der Waals surface area contributed by atoms with Gasteiger partial charge in [0.15, 0.2) is 6.61 Å². The highest BCUT2D eigenvalue weighted by Gasteiger charge is 2.26. The Balaban J connectivity index is 1.29. The molecule has 4 N–H and O–H groups in total. The van der Waals surface area contributed by atoms with E-state index in [1.165, 1.54) is 17.2 Å². The van der Waals surface area contributed by atoms with E-state index in [0.29, 0.717) is 28.5 Å². The molecule has 10 nitrogen and oxygen atoms in total. The fourth-order valence-corrected chi connectivity index (χ4v) is 3.68. The van der Waals surface area contributed by atoms with E-state index >= 15 is 0 Å². The number of nitrogens with zero attached hydrogens (tertiary/aromatic N) is 2. The van der Waals surface area contributed by atoms with Crippen LogP contribution in [0.1, 0.15) is 16.1 Å². The molecule has 10 heteroatoms. The zero-order chi connectivity index (χ0) is 23.7. The summed E-state index contributed by atoms with van der Waals surface area (Å²) in [5.41, 5.74) is 3.18.